The van der Waals surface area contributed by atoms with Crippen molar-refractivity contribution in [3.63, 3.8) is 0 Å². The second-order valence-electron chi connectivity index (χ2n) is 5.14. The molecule has 19 heavy (non-hydrogen) atoms. The molecule has 112 valence electrons. The molecule has 0 radical (unpaired) electrons. The summed E-state index contributed by atoms with van der Waals surface area (Å²) < 4.78 is 44.9. The first-order valence-electron chi connectivity index (χ1n) is 6.78. The lowest BCUT2D eigenvalue weighted by Crippen LogP contribution is -2.59. The van der Waals surface area contributed by atoms with Gasteiger partial charge in [-0.1, -0.05) is 0 Å². The van der Waals surface area contributed by atoms with Crippen molar-refractivity contribution >= 4 is 0 Å². The van der Waals surface area contributed by atoms with Crippen molar-refractivity contribution in [1.82, 2.24) is 9.80 Å². The third kappa shape index (κ3) is 3.81. The van der Waals surface area contributed by atoms with E-state index in [4.69, 9.17) is 9.84 Å². The summed E-state index contributed by atoms with van der Waals surface area (Å²) in [7, 11) is 0. The van der Waals surface area contributed by atoms with E-state index < -0.39 is 18.3 Å². The van der Waals surface area contributed by atoms with Crippen LogP contribution in [0.15, 0.2) is 0 Å². The molecule has 4 nitrogen and oxygen atoms in total. The fourth-order valence-electron chi connectivity index (χ4n) is 2.91. The SMILES string of the molecule is OCCN1CCN(C(C2CCCO2)C(F)(F)F)CC1. The lowest BCUT2D eigenvalue weighted by Gasteiger charge is -2.41. The Balaban J connectivity index is 1.96. The maximum atomic E-state index is 13.2. The van der Waals surface area contributed by atoms with Crippen LogP contribution in [0.3, 0.4) is 0 Å². The first kappa shape index (κ1) is 15.0. The van der Waals surface area contributed by atoms with Gasteiger partial charge in [-0.05, 0) is 12.8 Å². The van der Waals surface area contributed by atoms with Crippen LogP contribution in [0.25, 0.3) is 0 Å². The highest BCUT2D eigenvalue weighted by molar-refractivity contribution is 4.90. The summed E-state index contributed by atoms with van der Waals surface area (Å²) in [4.78, 5) is 3.48. The Hall–Kier alpha value is -0.370. The largest absolute Gasteiger partial charge is 0.406 e. The number of alkyl halides is 3. The molecule has 7 heteroatoms. The lowest BCUT2D eigenvalue weighted by atomic mass is 10.0. The first-order valence-corrected chi connectivity index (χ1v) is 6.78. The predicted molar refractivity (Wildman–Crippen MR) is 63.9 cm³/mol. The van der Waals surface area contributed by atoms with Crippen molar-refractivity contribution in [3.8, 4) is 0 Å². The fourth-order valence-corrected chi connectivity index (χ4v) is 2.91. The van der Waals surface area contributed by atoms with Gasteiger partial charge < -0.3 is 9.84 Å². The smallest absolute Gasteiger partial charge is 0.395 e. The molecular formula is C12H21F3N2O2. The highest BCUT2D eigenvalue weighted by Crippen LogP contribution is 2.33. The minimum atomic E-state index is -4.24. The van der Waals surface area contributed by atoms with Gasteiger partial charge in [0.25, 0.3) is 0 Å². The molecular weight excluding hydrogens is 261 g/mol. The number of hydrogen-bond donors (Lipinski definition) is 1. The number of ether oxygens (including phenoxy) is 1. The fraction of sp³-hybridized carbons (Fsp3) is 1.00. The summed E-state index contributed by atoms with van der Waals surface area (Å²) >= 11 is 0. The molecule has 0 amide bonds. The van der Waals surface area contributed by atoms with Gasteiger partial charge in [0, 0.05) is 39.3 Å². The molecule has 2 saturated heterocycles. The summed E-state index contributed by atoms with van der Waals surface area (Å²) in [6.07, 6.45) is -3.76. The Morgan fingerprint density at radius 2 is 1.89 bits per heavy atom. The standard InChI is InChI=1S/C12H21F3N2O2/c13-12(14,15)11(10-2-1-9-19-10)17-5-3-16(4-6-17)7-8-18/h10-11,18H,1-9H2. The average molecular weight is 282 g/mol. The van der Waals surface area contributed by atoms with Crippen molar-refractivity contribution in [2.24, 2.45) is 0 Å². The van der Waals surface area contributed by atoms with Crippen molar-refractivity contribution in [3.05, 3.63) is 0 Å². The minimum Gasteiger partial charge on any atom is -0.395 e. The number of halogens is 3. The van der Waals surface area contributed by atoms with Crippen LogP contribution in [0.2, 0.25) is 0 Å². The van der Waals surface area contributed by atoms with Crippen LogP contribution in [0, 0.1) is 0 Å². The molecule has 0 aromatic heterocycles. The van der Waals surface area contributed by atoms with Crippen LogP contribution < -0.4 is 0 Å². The molecule has 0 aromatic carbocycles. The van der Waals surface area contributed by atoms with Gasteiger partial charge in [0.2, 0.25) is 0 Å². The molecule has 2 atom stereocenters. The van der Waals surface area contributed by atoms with Crippen LogP contribution >= 0.6 is 0 Å². The van der Waals surface area contributed by atoms with Gasteiger partial charge in [-0.3, -0.25) is 9.80 Å². The maximum Gasteiger partial charge on any atom is 0.406 e. The Morgan fingerprint density at radius 1 is 1.21 bits per heavy atom. The number of piperazine rings is 1. The highest BCUT2D eigenvalue weighted by Gasteiger charge is 2.50. The topological polar surface area (TPSA) is 35.9 Å². The van der Waals surface area contributed by atoms with Crippen LogP contribution in [0.4, 0.5) is 13.2 Å². The predicted octanol–water partition coefficient (Wildman–Crippen LogP) is 0.706. The molecule has 2 heterocycles. The van der Waals surface area contributed by atoms with Gasteiger partial charge >= 0.3 is 6.18 Å². The second kappa shape index (κ2) is 6.39. The first-order chi connectivity index (χ1) is 9.02. The zero-order valence-corrected chi connectivity index (χ0v) is 10.9. The Bertz CT molecular complexity index is 275. The molecule has 0 aliphatic carbocycles. The van der Waals surface area contributed by atoms with E-state index in [2.05, 4.69) is 0 Å². The molecule has 0 spiro atoms. The number of hydrogen-bond acceptors (Lipinski definition) is 4. The number of nitrogens with zero attached hydrogens (tertiary/aromatic N) is 2. The van der Waals surface area contributed by atoms with E-state index in [9.17, 15) is 13.2 Å². The van der Waals surface area contributed by atoms with Gasteiger partial charge in [0.15, 0.2) is 0 Å². The normalized spacial score (nSPS) is 28.7. The van der Waals surface area contributed by atoms with Crippen molar-refractivity contribution in [2.45, 2.75) is 31.2 Å². The van der Waals surface area contributed by atoms with Crippen molar-refractivity contribution in [2.75, 3.05) is 45.9 Å². The van der Waals surface area contributed by atoms with Crippen LogP contribution in [-0.2, 0) is 4.74 Å². The van der Waals surface area contributed by atoms with Gasteiger partial charge in [-0.15, -0.1) is 0 Å². The maximum absolute atomic E-state index is 13.2. The molecule has 2 aliphatic rings. The quantitative estimate of drug-likeness (QED) is 0.824. The monoisotopic (exact) mass is 282 g/mol. The summed E-state index contributed by atoms with van der Waals surface area (Å²) in [5.41, 5.74) is 0. The second-order valence-corrected chi connectivity index (χ2v) is 5.14. The van der Waals surface area contributed by atoms with Crippen LogP contribution in [-0.4, -0.2) is 79.2 Å². The third-order valence-corrected chi connectivity index (χ3v) is 3.87. The molecule has 2 fully saturated rings. The number of aliphatic hydroxyl groups excluding tert-OH is 1. The summed E-state index contributed by atoms with van der Waals surface area (Å²) in [6.45, 7) is 2.91. The van der Waals surface area contributed by atoms with Crippen molar-refractivity contribution < 1.29 is 23.0 Å². The van der Waals surface area contributed by atoms with Crippen LogP contribution in [0.1, 0.15) is 12.8 Å². The molecule has 0 bridgehead atoms. The summed E-state index contributed by atoms with van der Waals surface area (Å²) in [6, 6.07) is -1.48. The van der Waals surface area contributed by atoms with Crippen molar-refractivity contribution in [1.29, 1.82) is 0 Å². The lowest BCUT2D eigenvalue weighted by molar-refractivity contribution is -0.213. The Kier molecular flexibility index (Phi) is 5.05. The molecule has 0 saturated carbocycles. The van der Waals surface area contributed by atoms with E-state index >= 15 is 0 Å². The van der Waals surface area contributed by atoms with Gasteiger partial charge in [0.1, 0.15) is 6.04 Å². The summed E-state index contributed by atoms with van der Waals surface area (Å²) in [5, 5.41) is 8.84. The van der Waals surface area contributed by atoms with E-state index in [0.717, 1.165) is 0 Å². The zero-order chi connectivity index (χ0) is 13.9. The van der Waals surface area contributed by atoms with E-state index in [1.165, 1.54) is 4.90 Å². The average Bonchev–Trinajstić information content (AvgIpc) is 2.84. The molecule has 1 N–H and O–H groups in total. The minimum absolute atomic E-state index is 0.0500. The van der Waals surface area contributed by atoms with E-state index in [1.54, 1.807) is 0 Å². The van der Waals surface area contributed by atoms with E-state index in [1.807, 2.05) is 4.90 Å². The Morgan fingerprint density at radius 3 is 2.37 bits per heavy atom. The van der Waals surface area contributed by atoms with E-state index in [0.29, 0.717) is 52.2 Å². The molecule has 2 aliphatic heterocycles. The molecule has 0 aromatic rings. The Labute approximate surface area is 111 Å². The number of rotatable bonds is 4. The molecule has 2 rings (SSSR count). The van der Waals surface area contributed by atoms with Gasteiger partial charge in [-0.25, -0.2) is 0 Å². The van der Waals surface area contributed by atoms with Gasteiger partial charge in [-0.2, -0.15) is 13.2 Å². The van der Waals surface area contributed by atoms with Crippen LogP contribution in [0.5, 0.6) is 0 Å². The highest BCUT2D eigenvalue weighted by atomic mass is 19.4. The molecule has 2 unspecified atom stereocenters. The third-order valence-electron chi connectivity index (χ3n) is 3.87. The zero-order valence-electron chi connectivity index (χ0n) is 10.9. The number of aliphatic hydroxyl groups is 1. The summed E-state index contributed by atoms with van der Waals surface area (Å²) in [5.74, 6) is 0. The van der Waals surface area contributed by atoms with Gasteiger partial charge in [0.05, 0.1) is 12.7 Å². The van der Waals surface area contributed by atoms with E-state index in [-0.39, 0.29) is 6.61 Å². The number of β-amino-alcohol motifs (C(OH)–C–C–N with tert-alkyl or cyclic N) is 1.